The number of phenolic OH excluding ortho intramolecular Hbond substituents is 1. The molecule has 0 aliphatic carbocycles. The van der Waals surface area contributed by atoms with Gasteiger partial charge in [0, 0.05) is 19.7 Å². The summed E-state index contributed by atoms with van der Waals surface area (Å²) in [5.41, 5.74) is 0.808. The van der Waals surface area contributed by atoms with Gasteiger partial charge in [0.25, 0.3) is 5.91 Å². The van der Waals surface area contributed by atoms with Crippen LogP contribution in [0.5, 0.6) is 11.5 Å². The van der Waals surface area contributed by atoms with Gasteiger partial charge in [-0.3, -0.25) is 4.79 Å². The lowest BCUT2D eigenvalue weighted by atomic mass is 10.1. The fourth-order valence-electron chi connectivity index (χ4n) is 2.00. The maximum atomic E-state index is 13.7. The second kappa shape index (κ2) is 6.26. The Hall–Kier alpha value is -2.56. The van der Waals surface area contributed by atoms with E-state index in [9.17, 15) is 14.3 Å². The van der Waals surface area contributed by atoms with Crippen molar-refractivity contribution < 1.29 is 19.0 Å². The molecule has 0 saturated heterocycles. The number of carbonyl (C=O) groups is 1. The molecule has 2 aromatic rings. The molecular weight excluding hydrogens is 273 g/mol. The van der Waals surface area contributed by atoms with E-state index in [-0.39, 0.29) is 11.3 Å². The Morgan fingerprint density at radius 3 is 2.71 bits per heavy atom. The molecule has 110 valence electrons. The van der Waals surface area contributed by atoms with E-state index in [0.29, 0.717) is 12.3 Å². The molecule has 0 aliphatic rings. The molecule has 0 bridgehead atoms. The first-order valence-electron chi connectivity index (χ1n) is 6.38. The van der Waals surface area contributed by atoms with Gasteiger partial charge in [0.05, 0.1) is 12.7 Å². The van der Waals surface area contributed by atoms with Crippen molar-refractivity contribution in [1.82, 2.24) is 4.90 Å². The largest absolute Gasteiger partial charge is 0.508 e. The lowest BCUT2D eigenvalue weighted by Gasteiger charge is -2.18. The number of amides is 1. The van der Waals surface area contributed by atoms with Crippen LogP contribution in [0.2, 0.25) is 0 Å². The molecule has 0 fully saturated rings. The molecule has 2 aromatic carbocycles. The van der Waals surface area contributed by atoms with E-state index in [4.69, 9.17) is 4.74 Å². The highest BCUT2D eigenvalue weighted by Crippen LogP contribution is 2.18. The Labute approximate surface area is 122 Å². The van der Waals surface area contributed by atoms with E-state index in [1.54, 1.807) is 14.2 Å². The van der Waals surface area contributed by atoms with Crippen molar-refractivity contribution in [1.29, 1.82) is 0 Å². The first kappa shape index (κ1) is 14.8. The van der Waals surface area contributed by atoms with Crippen molar-refractivity contribution in [2.24, 2.45) is 0 Å². The maximum absolute atomic E-state index is 13.7. The van der Waals surface area contributed by atoms with E-state index < -0.39 is 11.7 Å². The summed E-state index contributed by atoms with van der Waals surface area (Å²) in [6, 6.07) is 10.8. The first-order valence-corrected chi connectivity index (χ1v) is 6.38. The molecule has 1 N–H and O–H groups in total. The molecule has 0 heterocycles. The number of nitrogens with zero attached hydrogens (tertiary/aromatic N) is 1. The van der Waals surface area contributed by atoms with Gasteiger partial charge in [0.15, 0.2) is 0 Å². The molecule has 0 aromatic heterocycles. The summed E-state index contributed by atoms with van der Waals surface area (Å²) in [5, 5.41) is 9.17. The van der Waals surface area contributed by atoms with Gasteiger partial charge in [-0.1, -0.05) is 12.1 Å². The number of hydrogen-bond donors (Lipinski definition) is 1. The molecule has 0 unspecified atom stereocenters. The minimum Gasteiger partial charge on any atom is -0.508 e. The zero-order valence-electron chi connectivity index (χ0n) is 11.8. The average molecular weight is 289 g/mol. The number of aromatic hydroxyl groups is 1. The van der Waals surface area contributed by atoms with E-state index in [0.717, 1.165) is 11.6 Å². The van der Waals surface area contributed by atoms with E-state index in [1.807, 2.05) is 24.3 Å². The number of methoxy groups -OCH3 is 1. The minimum atomic E-state index is -0.738. The monoisotopic (exact) mass is 289 g/mol. The third kappa shape index (κ3) is 3.51. The number of halogens is 1. The zero-order valence-corrected chi connectivity index (χ0v) is 11.8. The fourth-order valence-corrected chi connectivity index (χ4v) is 2.00. The lowest BCUT2D eigenvalue weighted by molar-refractivity contribution is 0.0780. The van der Waals surface area contributed by atoms with Gasteiger partial charge in [-0.2, -0.15) is 0 Å². The van der Waals surface area contributed by atoms with Gasteiger partial charge in [0.2, 0.25) is 0 Å². The molecule has 4 nitrogen and oxygen atoms in total. The van der Waals surface area contributed by atoms with Crippen LogP contribution in [0.1, 0.15) is 15.9 Å². The average Bonchev–Trinajstić information content (AvgIpc) is 2.46. The number of benzene rings is 2. The van der Waals surface area contributed by atoms with Gasteiger partial charge in [-0.25, -0.2) is 4.39 Å². The predicted octanol–water partition coefficient (Wildman–Crippen LogP) is 2.81. The van der Waals surface area contributed by atoms with E-state index in [2.05, 4.69) is 0 Å². The van der Waals surface area contributed by atoms with Gasteiger partial charge in [0.1, 0.15) is 17.3 Å². The number of hydrogen-bond acceptors (Lipinski definition) is 3. The summed E-state index contributed by atoms with van der Waals surface area (Å²) in [4.78, 5) is 13.6. The molecule has 21 heavy (non-hydrogen) atoms. The van der Waals surface area contributed by atoms with Crippen LogP contribution in [0.3, 0.4) is 0 Å². The molecule has 0 atom stereocenters. The summed E-state index contributed by atoms with van der Waals surface area (Å²) in [7, 11) is 3.16. The summed E-state index contributed by atoms with van der Waals surface area (Å²) < 4.78 is 18.8. The fraction of sp³-hybridized carbons (Fsp3) is 0.188. The molecular formula is C16H16FNO3. The Kier molecular flexibility index (Phi) is 4.42. The highest BCUT2D eigenvalue weighted by atomic mass is 19.1. The summed E-state index contributed by atoms with van der Waals surface area (Å²) in [6.45, 7) is 0.330. The van der Waals surface area contributed by atoms with Crippen LogP contribution in [0.4, 0.5) is 4.39 Å². The number of carbonyl (C=O) groups excluding carboxylic acids is 1. The predicted molar refractivity (Wildman–Crippen MR) is 76.9 cm³/mol. The van der Waals surface area contributed by atoms with Crippen LogP contribution in [-0.2, 0) is 6.54 Å². The van der Waals surface area contributed by atoms with Crippen molar-refractivity contribution in [3.05, 3.63) is 59.4 Å². The van der Waals surface area contributed by atoms with Crippen molar-refractivity contribution in [2.45, 2.75) is 6.54 Å². The second-order valence-corrected chi connectivity index (χ2v) is 4.68. The summed E-state index contributed by atoms with van der Waals surface area (Å²) in [6.07, 6.45) is 0. The van der Waals surface area contributed by atoms with Crippen molar-refractivity contribution in [3.8, 4) is 11.5 Å². The van der Waals surface area contributed by atoms with Crippen LogP contribution in [0.15, 0.2) is 42.5 Å². The van der Waals surface area contributed by atoms with Crippen molar-refractivity contribution >= 4 is 5.91 Å². The number of phenols is 1. The Morgan fingerprint density at radius 2 is 2.05 bits per heavy atom. The number of ether oxygens (including phenoxy) is 1. The smallest absolute Gasteiger partial charge is 0.256 e. The van der Waals surface area contributed by atoms with Gasteiger partial charge in [-0.15, -0.1) is 0 Å². The quantitative estimate of drug-likeness (QED) is 0.941. The molecule has 1 amide bonds. The molecule has 0 aliphatic heterocycles. The van der Waals surface area contributed by atoms with Crippen LogP contribution in [0.25, 0.3) is 0 Å². The topological polar surface area (TPSA) is 49.8 Å². The van der Waals surface area contributed by atoms with Gasteiger partial charge >= 0.3 is 0 Å². The standard InChI is InChI=1S/C16H16FNO3/c1-18(10-11-4-3-5-13(8-11)21-2)16(20)14-7-6-12(19)9-15(14)17/h3-9,19H,10H2,1-2H3. The molecule has 2 rings (SSSR count). The Morgan fingerprint density at radius 1 is 1.29 bits per heavy atom. The van der Waals surface area contributed by atoms with Crippen molar-refractivity contribution in [2.75, 3.05) is 14.2 Å². The van der Waals surface area contributed by atoms with Gasteiger partial charge in [-0.05, 0) is 29.8 Å². The third-order valence-electron chi connectivity index (χ3n) is 3.08. The SMILES string of the molecule is COc1cccc(CN(C)C(=O)c2ccc(O)cc2F)c1. The lowest BCUT2D eigenvalue weighted by Crippen LogP contribution is -2.27. The Balaban J connectivity index is 2.15. The Bertz CT molecular complexity index is 658. The molecule has 0 radical (unpaired) electrons. The normalized spacial score (nSPS) is 10.2. The van der Waals surface area contributed by atoms with Crippen LogP contribution >= 0.6 is 0 Å². The third-order valence-corrected chi connectivity index (χ3v) is 3.08. The summed E-state index contributed by atoms with van der Waals surface area (Å²) >= 11 is 0. The van der Waals surface area contributed by atoms with E-state index >= 15 is 0 Å². The minimum absolute atomic E-state index is 0.0711. The first-order chi connectivity index (χ1) is 10.0. The maximum Gasteiger partial charge on any atom is 0.256 e. The second-order valence-electron chi connectivity index (χ2n) is 4.68. The van der Waals surface area contributed by atoms with Crippen LogP contribution in [0, 0.1) is 5.82 Å². The number of rotatable bonds is 4. The zero-order chi connectivity index (χ0) is 15.4. The van der Waals surface area contributed by atoms with E-state index in [1.165, 1.54) is 17.0 Å². The highest BCUT2D eigenvalue weighted by Gasteiger charge is 2.16. The van der Waals surface area contributed by atoms with Crippen LogP contribution in [-0.4, -0.2) is 30.1 Å². The molecule has 5 heteroatoms. The highest BCUT2D eigenvalue weighted by molar-refractivity contribution is 5.94. The molecule has 0 saturated carbocycles. The molecule has 0 spiro atoms. The van der Waals surface area contributed by atoms with Gasteiger partial charge < -0.3 is 14.7 Å². The van der Waals surface area contributed by atoms with Crippen molar-refractivity contribution in [3.63, 3.8) is 0 Å². The summed E-state index contributed by atoms with van der Waals surface area (Å²) in [5.74, 6) is -0.698. The van der Waals surface area contributed by atoms with Crippen LogP contribution < -0.4 is 4.74 Å².